The van der Waals surface area contributed by atoms with E-state index < -0.39 is 27.9 Å². The van der Waals surface area contributed by atoms with E-state index in [0.717, 1.165) is 23.5 Å². The second kappa shape index (κ2) is 14.6. The van der Waals surface area contributed by atoms with Crippen LogP contribution < -0.4 is 0 Å². The molecule has 2 unspecified atom stereocenters. The molecule has 1 rings (SSSR count). The number of aliphatic carboxylic acids is 3. The summed E-state index contributed by atoms with van der Waals surface area (Å²) in [7, 11) is 0. The maximum Gasteiger partial charge on any atom is 0.316 e. The summed E-state index contributed by atoms with van der Waals surface area (Å²) in [5.74, 6) is -2.84. The van der Waals surface area contributed by atoms with Crippen LogP contribution in [0.4, 0.5) is 0 Å². The van der Waals surface area contributed by atoms with Crippen molar-refractivity contribution in [2.75, 3.05) is 0 Å². The van der Waals surface area contributed by atoms with Crippen LogP contribution >= 0.6 is 35.7 Å². The zero-order valence-corrected chi connectivity index (χ0v) is 19.4. The lowest BCUT2D eigenvalue weighted by Gasteiger charge is -2.18. The van der Waals surface area contributed by atoms with Crippen molar-refractivity contribution in [1.82, 2.24) is 0 Å². The number of carboxylic acids is 3. The third-order valence-electron chi connectivity index (χ3n) is 3.58. The van der Waals surface area contributed by atoms with Gasteiger partial charge in [0, 0.05) is 16.2 Å². The first-order valence-corrected chi connectivity index (χ1v) is 11.1. The van der Waals surface area contributed by atoms with Crippen molar-refractivity contribution < 1.29 is 34.5 Å². The van der Waals surface area contributed by atoms with Gasteiger partial charge in [-0.15, -0.1) is 11.8 Å². The van der Waals surface area contributed by atoms with Crippen LogP contribution in [0.5, 0.6) is 0 Å². The second-order valence-electron chi connectivity index (χ2n) is 6.36. The standard InChI is InChI=1S/C13H13NO3S.C7H10O4S2/c1-13(9-14,8-7-11(15)16)18-12(17)10-5-3-2-4-6-10;1-4(7(10)11)13-6(12)3-2-5(8)9/h2-6H,7-8H2,1H3,(H,15,16);4H,2-3H2,1H3,(H,8,9)(H,10,11). The predicted molar refractivity (Wildman–Crippen MR) is 123 cm³/mol. The maximum absolute atomic E-state index is 11.9. The SMILES string of the molecule is CC(C#N)(CCC(=O)O)SC(=O)c1ccccc1.CC(SC(=S)CCC(=O)O)C(=O)O. The van der Waals surface area contributed by atoms with E-state index in [2.05, 4.69) is 0 Å². The lowest BCUT2D eigenvalue weighted by Crippen LogP contribution is -2.21. The maximum atomic E-state index is 11.9. The molecule has 168 valence electrons. The molecule has 31 heavy (non-hydrogen) atoms. The van der Waals surface area contributed by atoms with Gasteiger partial charge < -0.3 is 15.3 Å². The van der Waals surface area contributed by atoms with Crippen molar-refractivity contribution in [2.24, 2.45) is 0 Å². The number of carboxylic acid groups (broad SMARTS) is 3. The molecule has 0 aliphatic rings. The number of nitriles is 1. The van der Waals surface area contributed by atoms with Gasteiger partial charge in [-0.05, 0) is 26.7 Å². The van der Waals surface area contributed by atoms with E-state index in [1.54, 1.807) is 37.3 Å². The third-order valence-corrected chi connectivity index (χ3v) is 6.26. The van der Waals surface area contributed by atoms with Crippen LogP contribution in [-0.2, 0) is 14.4 Å². The highest BCUT2D eigenvalue weighted by Crippen LogP contribution is 2.32. The molecule has 0 spiro atoms. The van der Waals surface area contributed by atoms with E-state index in [9.17, 15) is 19.2 Å². The monoisotopic (exact) mass is 485 g/mol. The Morgan fingerprint density at radius 2 is 1.61 bits per heavy atom. The number of benzene rings is 1. The summed E-state index contributed by atoms with van der Waals surface area (Å²) < 4.78 is -0.581. The number of nitrogens with zero attached hydrogens (tertiary/aromatic N) is 1. The highest BCUT2D eigenvalue weighted by atomic mass is 32.2. The molecule has 0 heterocycles. The highest BCUT2D eigenvalue weighted by Gasteiger charge is 2.29. The quantitative estimate of drug-likeness (QED) is 0.411. The van der Waals surface area contributed by atoms with Crippen molar-refractivity contribution in [2.45, 2.75) is 49.5 Å². The molecule has 0 saturated heterocycles. The molecule has 1 aromatic rings. The van der Waals surface area contributed by atoms with Crippen LogP contribution in [-0.4, -0.2) is 52.5 Å². The van der Waals surface area contributed by atoms with Crippen molar-refractivity contribution in [3.8, 4) is 6.07 Å². The molecule has 0 radical (unpaired) electrons. The number of hydrogen-bond acceptors (Lipinski definition) is 8. The van der Waals surface area contributed by atoms with Crippen molar-refractivity contribution in [3.05, 3.63) is 35.9 Å². The summed E-state index contributed by atoms with van der Waals surface area (Å²) in [5, 5.41) is 33.7. The Hall–Kier alpha value is -2.42. The summed E-state index contributed by atoms with van der Waals surface area (Å²) in [6.45, 7) is 3.10. The van der Waals surface area contributed by atoms with Gasteiger partial charge in [-0.25, -0.2) is 0 Å². The summed E-state index contributed by atoms with van der Waals surface area (Å²) in [4.78, 5) is 43.0. The smallest absolute Gasteiger partial charge is 0.316 e. The lowest BCUT2D eigenvalue weighted by atomic mass is 10.1. The predicted octanol–water partition coefficient (Wildman–Crippen LogP) is 4.09. The molecule has 0 aliphatic carbocycles. The van der Waals surface area contributed by atoms with Gasteiger partial charge in [0.05, 0.1) is 12.5 Å². The van der Waals surface area contributed by atoms with Gasteiger partial charge in [-0.2, -0.15) is 5.26 Å². The first kappa shape index (κ1) is 28.6. The zero-order valence-electron chi connectivity index (χ0n) is 16.9. The average molecular weight is 486 g/mol. The van der Waals surface area contributed by atoms with Crippen LogP contribution in [0.2, 0.25) is 0 Å². The van der Waals surface area contributed by atoms with E-state index in [-0.39, 0.29) is 30.8 Å². The Labute approximate surface area is 194 Å². The molecule has 0 fully saturated rings. The van der Waals surface area contributed by atoms with Crippen LogP contribution in [0.15, 0.2) is 30.3 Å². The molecule has 8 nitrogen and oxygen atoms in total. The van der Waals surface area contributed by atoms with E-state index in [0.29, 0.717) is 9.76 Å². The third kappa shape index (κ3) is 13.5. The molecule has 1 aromatic carbocycles. The molecule has 0 amide bonds. The van der Waals surface area contributed by atoms with E-state index in [4.69, 9.17) is 32.8 Å². The molecular formula is C20H23NO7S3. The number of thiocarbonyl (C=S) groups is 1. The minimum atomic E-state index is -1.01. The molecule has 3 N–H and O–H groups in total. The molecule has 0 aliphatic heterocycles. The fourth-order valence-corrected chi connectivity index (χ4v) is 3.99. The van der Waals surface area contributed by atoms with Crippen molar-refractivity contribution in [3.63, 3.8) is 0 Å². The van der Waals surface area contributed by atoms with Crippen molar-refractivity contribution >= 4 is 63.0 Å². The Kier molecular flexibility index (Phi) is 13.4. The topological polar surface area (TPSA) is 153 Å². The van der Waals surface area contributed by atoms with E-state index in [1.807, 2.05) is 6.07 Å². The summed E-state index contributed by atoms with van der Waals surface area (Å²) in [6, 6.07) is 10.6. The van der Waals surface area contributed by atoms with Gasteiger partial charge >= 0.3 is 17.9 Å². The molecule has 0 aromatic heterocycles. The van der Waals surface area contributed by atoms with Crippen LogP contribution in [0, 0.1) is 11.3 Å². The number of thioether (sulfide) groups is 2. The molecule has 11 heteroatoms. The largest absolute Gasteiger partial charge is 0.481 e. The van der Waals surface area contributed by atoms with Gasteiger partial charge in [-0.3, -0.25) is 19.2 Å². The molecule has 2 atom stereocenters. The molecular weight excluding hydrogens is 462 g/mol. The highest BCUT2D eigenvalue weighted by molar-refractivity contribution is 8.23. The van der Waals surface area contributed by atoms with Crippen LogP contribution in [0.25, 0.3) is 0 Å². The fourth-order valence-electron chi connectivity index (χ4n) is 1.83. The summed E-state index contributed by atoms with van der Waals surface area (Å²) in [5.41, 5.74) is 0.513. The number of carbonyl (C=O) groups excluding carboxylic acids is 1. The van der Waals surface area contributed by atoms with Gasteiger partial charge in [0.2, 0.25) is 5.12 Å². The first-order valence-electron chi connectivity index (χ1n) is 8.95. The van der Waals surface area contributed by atoms with Crippen LogP contribution in [0.3, 0.4) is 0 Å². The van der Waals surface area contributed by atoms with E-state index in [1.165, 1.54) is 6.92 Å². The number of rotatable bonds is 10. The normalized spacial score (nSPS) is 12.8. The van der Waals surface area contributed by atoms with Gasteiger partial charge in [0.25, 0.3) is 0 Å². The average Bonchev–Trinajstić information content (AvgIpc) is 2.71. The fraction of sp³-hybridized carbons (Fsp3) is 0.400. The Morgan fingerprint density at radius 1 is 1.06 bits per heavy atom. The number of carbonyl (C=O) groups is 4. The van der Waals surface area contributed by atoms with Crippen molar-refractivity contribution in [1.29, 1.82) is 5.26 Å². The minimum absolute atomic E-state index is 0.0435. The Bertz CT molecular complexity index is 839. The second-order valence-corrected chi connectivity index (χ2v) is 10.0. The summed E-state index contributed by atoms with van der Waals surface area (Å²) in [6.07, 6.45) is 0.215. The summed E-state index contributed by atoms with van der Waals surface area (Å²) >= 11 is 6.70. The van der Waals surface area contributed by atoms with E-state index >= 15 is 0 Å². The van der Waals surface area contributed by atoms with Crippen LogP contribution in [0.1, 0.15) is 49.9 Å². The van der Waals surface area contributed by atoms with Gasteiger partial charge in [-0.1, -0.05) is 54.3 Å². The molecule has 0 saturated carbocycles. The zero-order chi connectivity index (χ0) is 24.0. The van der Waals surface area contributed by atoms with Gasteiger partial charge in [0.15, 0.2) is 0 Å². The minimum Gasteiger partial charge on any atom is -0.481 e. The first-order chi connectivity index (χ1) is 14.4. The lowest BCUT2D eigenvalue weighted by molar-refractivity contribution is -0.138. The van der Waals surface area contributed by atoms with Gasteiger partial charge in [0.1, 0.15) is 10.00 Å². The Morgan fingerprint density at radius 3 is 2.06 bits per heavy atom. The molecule has 0 bridgehead atoms. The Balaban J connectivity index is 0.000000615. The number of hydrogen-bond donors (Lipinski definition) is 3.